The highest BCUT2D eigenvalue weighted by Crippen LogP contribution is 2.37. The Morgan fingerprint density at radius 3 is 1.57 bits per heavy atom. The molecule has 1 atom stereocenters. The number of aliphatic imine (C=N–C) groups is 1. The molecule has 0 fully saturated rings. The summed E-state index contributed by atoms with van der Waals surface area (Å²) in [4.78, 5) is 5.50. The smallest absolute Gasteiger partial charge is 0.145 e. The molecule has 0 saturated carbocycles. The Bertz CT molecular complexity index is 3160. The first-order valence-electron chi connectivity index (χ1n) is 20.6. The van der Waals surface area contributed by atoms with Crippen LogP contribution in [0.4, 0.5) is 0 Å². The summed E-state index contributed by atoms with van der Waals surface area (Å²) in [6.07, 6.45) is 6.13. The van der Waals surface area contributed by atoms with Crippen LogP contribution < -0.4 is 10.6 Å². The van der Waals surface area contributed by atoms with Gasteiger partial charge in [0, 0.05) is 50.7 Å². The third-order valence-corrected chi connectivity index (χ3v) is 12.2. The Kier molecular flexibility index (Phi) is 7.91. The topological polar surface area (TPSA) is 46.3 Å². The second-order valence-corrected chi connectivity index (χ2v) is 15.7. The first kappa shape index (κ1) is 34.2. The summed E-state index contributed by atoms with van der Waals surface area (Å²) >= 11 is 0. The number of benzene rings is 8. The van der Waals surface area contributed by atoms with Crippen LogP contribution >= 0.6 is 0 Å². The van der Waals surface area contributed by atoms with E-state index in [-0.39, 0.29) is 6.17 Å². The average Bonchev–Trinajstić information content (AvgIpc) is 3.85. The first-order chi connectivity index (χ1) is 29.7. The van der Waals surface area contributed by atoms with Gasteiger partial charge in [-0.25, -0.2) is 0 Å². The summed E-state index contributed by atoms with van der Waals surface area (Å²) in [5.41, 5.74) is 17.0. The van der Waals surface area contributed by atoms with Crippen LogP contribution in [0.3, 0.4) is 0 Å². The minimum atomic E-state index is -0.282. The zero-order valence-electron chi connectivity index (χ0n) is 32.8. The SMILES string of the molecule is C1=Cc2cc(-c3ccc(C4=CC(c5cc(-n6c7ccccc7c7ccccc76)cc(-n6c7ccccc7c7ccccc76)c5)=NC(c5ccccc5)N4)cc3)ccc2CN1. The summed E-state index contributed by atoms with van der Waals surface area (Å²) in [7, 11) is 0. The van der Waals surface area contributed by atoms with Crippen molar-refractivity contribution in [1.29, 1.82) is 0 Å². The molecule has 0 spiro atoms. The van der Waals surface area contributed by atoms with Gasteiger partial charge in [-0.3, -0.25) is 4.99 Å². The van der Waals surface area contributed by atoms with Gasteiger partial charge in [-0.15, -0.1) is 0 Å². The zero-order chi connectivity index (χ0) is 39.6. The highest BCUT2D eigenvalue weighted by molar-refractivity contribution is 6.15. The van der Waals surface area contributed by atoms with Crippen LogP contribution in [-0.4, -0.2) is 14.8 Å². The van der Waals surface area contributed by atoms with Crippen molar-refractivity contribution in [2.45, 2.75) is 12.7 Å². The summed E-state index contributed by atoms with van der Waals surface area (Å²) in [6, 6.07) is 68.1. The number of hydrogen-bond acceptors (Lipinski definition) is 3. The number of nitrogens with one attached hydrogen (secondary N) is 2. The maximum absolute atomic E-state index is 5.50. The van der Waals surface area contributed by atoms with Crippen molar-refractivity contribution in [3.8, 4) is 22.5 Å². The standard InChI is InChI=1S/C55H39N5/c1-2-12-38(13-3-1)55-57-49(37-24-22-36(23-25-37)39-26-27-41-35-56-29-28-40(41)30-39)34-50(58-55)42-31-43(59-51-18-8-4-14-45(51)46-15-5-9-19-52(46)59)33-44(32-42)60-53-20-10-6-16-47(53)48-17-7-11-21-54(48)60/h1-34,55-57H,35H2. The molecule has 284 valence electrons. The summed E-state index contributed by atoms with van der Waals surface area (Å²) in [6.45, 7) is 0.860. The minimum Gasteiger partial charge on any atom is -0.387 e. The van der Waals surface area contributed by atoms with Crippen LogP contribution in [0.25, 0.3) is 77.9 Å². The van der Waals surface area contributed by atoms with Crippen molar-refractivity contribution in [2.75, 3.05) is 0 Å². The molecule has 2 aromatic heterocycles. The van der Waals surface area contributed by atoms with Gasteiger partial charge in [-0.05, 0) is 100 Å². The van der Waals surface area contributed by atoms with E-state index in [1.54, 1.807) is 0 Å². The number of fused-ring (bicyclic) bond motifs is 7. The monoisotopic (exact) mass is 769 g/mol. The van der Waals surface area contributed by atoms with Crippen molar-refractivity contribution in [3.63, 3.8) is 0 Å². The molecule has 1 unspecified atom stereocenters. The number of rotatable bonds is 6. The molecule has 2 N–H and O–H groups in total. The molecule has 60 heavy (non-hydrogen) atoms. The fourth-order valence-corrected chi connectivity index (χ4v) is 9.31. The molecule has 2 aliphatic rings. The number of allylic oxidation sites excluding steroid dienone is 1. The Balaban J connectivity index is 1.06. The van der Waals surface area contributed by atoms with E-state index in [0.717, 1.165) is 46.0 Å². The molecule has 0 saturated heterocycles. The predicted octanol–water partition coefficient (Wildman–Crippen LogP) is 12.8. The van der Waals surface area contributed by atoms with Gasteiger partial charge in [0.25, 0.3) is 0 Å². The average molecular weight is 770 g/mol. The van der Waals surface area contributed by atoms with Gasteiger partial charge in [0.1, 0.15) is 6.17 Å². The van der Waals surface area contributed by atoms with E-state index < -0.39 is 0 Å². The second kappa shape index (κ2) is 13.9. The number of nitrogens with zero attached hydrogens (tertiary/aromatic N) is 3. The minimum absolute atomic E-state index is 0.282. The largest absolute Gasteiger partial charge is 0.387 e. The van der Waals surface area contributed by atoms with E-state index in [1.165, 1.54) is 65.9 Å². The molecular formula is C55H39N5. The molecule has 8 aromatic carbocycles. The highest BCUT2D eigenvalue weighted by atomic mass is 15.1. The number of hydrogen-bond donors (Lipinski definition) is 2. The Morgan fingerprint density at radius 2 is 0.983 bits per heavy atom. The number of para-hydroxylation sites is 4. The maximum atomic E-state index is 5.50. The maximum Gasteiger partial charge on any atom is 0.145 e. The van der Waals surface area contributed by atoms with E-state index in [4.69, 9.17) is 4.99 Å². The van der Waals surface area contributed by atoms with E-state index in [0.29, 0.717) is 0 Å². The lowest BCUT2D eigenvalue weighted by molar-refractivity contribution is 0.664. The Morgan fingerprint density at radius 1 is 0.467 bits per heavy atom. The molecule has 12 rings (SSSR count). The molecule has 0 radical (unpaired) electrons. The van der Waals surface area contributed by atoms with Gasteiger partial charge >= 0.3 is 0 Å². The lowest BCUT2D eigenvalue weighted by atomic mass is 9.96. The summed E-state index contributed by atoms with van der Waals surface area (Å²) in [5.74, 6) is 0. The fraction of sp³-hybridized carbons (Fsp3) is 0.0364. The van der Waals surface area contributed by atoms with Gasteiger partial charge in [0.2, 0.25) is 0 Å². The van der Waals surface area contributed by atoms with E-state index >= 15 is 0 Å². The highest BCUT2D eigenvalue weighted by Gasteiger charge is 2.23. The van der Waals surface area contributed by atoms with Crippen LogP contribution in [0.1, 0.15) is 34.0 Å². The van der Waals surface area contributed by atoms with Gasteiger partial charge < -0.3 is 19.8 Å². The first-order valence-corrected chi connectivity index (χ1v) is 20.6. The molecule has 5 heteroatoms. The number of aromatic nitrogens is 2. The van der Waals surface area contributed by atoms with Crippen molar-refractivity contribution < 1.29 is 0 Å². The zero-order valence-corrected chi connectivity index (χ0v) is 32.8. The van der Waals surface area contributed by atoms with Gasteiger partial charge in [-0.1, -0.05) is 140 Å². The normalized spacial score (nSPS) is 14.8. The van der Waals surface area contributed by atoms with Gasteiger partial charge in [-0.2, -0.15) is 0 Å². The molecule has 2 aliphatic heterocycles. The Labute approximate surface area is 347 Å². The van der Waals surface area contributed by atoms with Crippen LogP contribution in [0, 0.1) is 0 Å². The van der Waals surface area contributed by atoms with Crippen molar-refractivity contribution in [1.82, 2.24) is 19.8 Å². The molecule has 4 heterocycles. The predicted molar refractivity (Wildman–Crippen MR) is 250 cm³/mol. The molecule has 5 nitrogen and oxygen atoms in total. The molecule has 0 bridgehead atoms. The Hall–Kier alpha value is -7.89. The van der Waals surface area contributed by atoms with E-state index in [1.807, 2.05) is 6.20 Å². The van der Waals surface area contributed by atoms with Gasteiger partial charge in [0.05, 0.1) is 27.8 Å². The molecule has 10 aromatic rings. The van der Waals surface area contributed by atoms with Crippen molar-refractivity contribution in [3.05, 3.63) is 228 Å². The van der Waals surface area contributed by atoms with E-state index in [9.17, 15) is 0 Å². The van der Waals surface area contributed by atoms with Crippen molar-refractivity contribution >= 4 is 61.1 Å². The van der Waals surface area contributed by atoms with E-state index in [2.05, 4.69) is 220 Å². The second-order valence-electron chi connectivity index (χ2n) is 15.7. The quantitative estimate of drug-likeness (QED) is 0.177. The van der Waals surface area contributed by atoms with Crippen LogP contribution in [0.5, 0.6) is 0 Å². The lowest BCUT2D eigenvalue weighted by Gasteiger charge is -2.25. The summed E-state index contributed by atoms with van der Waals surface area (Å²) < 4.78 is 4.83. The van der Waals surface area contributed by atoms with Crippen LogP contribution in [-0.2, 0) is 6.54 Å². The fourth-order valence-electron chi connectivity index (χ4n) is 9.31. The van der Waals surface area contributed by atoms with Gasteiger partial charge in [0.15, 0.2) is 0 Å². The molecule has 0 aliphatic carbocycles. The summed E-state index contributed by atoms with van der Waals surface area (Å²) in [5, 5.41) is 12.1. The molecular weight excluding hydrogens is 731 g/mol. The third-order valence-electron chi connectivity index (χ3n) is 12.2. The van der Waals surface area contributed by atoms with Crippen LogP contribution in [0.2, 0.25) is 0 Å². The molecule has 0 amide bonds. The lowest BCUT2D eigenvalue weighted by Crippen LogP contribution is -2.25. The van der Waals surface area contributed by atoms with Crippen LogP contribution in [0.15, 0.2) is 205 Å². The van der Waals surface area contributed by atoms with Crippen molar-refractivity contribution in [2.24, 2.45) is 4.99 Å². The third kappa shape index (κ3) is 5.66.